The standard InChI is InChI=1S/C21H22Cl2N4O3/c1-12-14(3)30-20(17(12)11-24)25-19(28)13(2)26-6-8-27(9-7-26)21(29)16-5-4-15(22)10-18(16)23/h4-5,10,13H,6-9H2,1-3H3,(H,25,28). The van der Waals surface area contributed by atoms with Crippen molar-refractivity contribution >= 4 is 40.9 Å². The molecular weight excluding hydrogens is 427 g/mol. The van der Waals surface area contributed by atoms with Gasteiger partial charge in [0.15, 0.2) is 0 Å². The molecule has 1 atom stereocenters. The lowest BCUT2D eigenvalue weighted by atomic mass is 10.1. The number of halogens is 2. The van der Waals surface area contributed by atoms with Crippen LogP contribution in [-0.4, -0.2) is 53.8 Å². The number of benzene rings is 1. The van der Waals surface area contributed by atoms with Crippen molar-refractivity contribution < 1.29 is 14.0 Å². The van der Waals surface area contributed by atoms with E-state index < -0.39 is 6.04 Å². The van der Waals surface area contributed by atoms with Crippen molar-refractivity contribution in [3.8, 4) is 6.07 Å². The van der Waals surface area contributed by atoms with Crippen LogP contribution in [0.25, 0.3) is 0 Å². The van der Waals surface area contributed by atoms with Gasteiger partial charge in [-0.25, -0.2) is 0 Å². The molecule has 1 aliphatic heterocycles. The Balaban J connectivity index is 1.60. The van der Waals surface area contributed by atoms with Crippen LogP contribution in [0.5, 0.6) is 0 Å². The van der Waals surface area contributed by atoms with Gasteiger partial charge in [-0.15, -0.1) is 0 Å². The Hall–Kier alpha value is -2.53. The maximum absolute atomic E-state index is 12.7. The number of nitrogens with zero attached hydrogens (tertiary/aromatic N) is 3. The van der Waals surface area contributed by atoms with E-state index in [1.165, 1.54) is 0 Å². The molecule has 30 heavy (non-hydrogen) atoms. The largest absolute Gasteiger partial charge is 0.444 e. The van der Waals surface area contributed by atoms with Gasteiger partial charge in [-0.3, -0.25) is 19.8 Å². The molecule has 1 N–H and O–H groups in total. The number of carbonyl (C=O) groups is 2. The zero-order chi connectivity index (χ0) is 22.0. The van der Waals surface area contributed by atoms with E-state index in [4.69, 9.17) is 27.6 Å². The van der Waals surface area contributed by atoms with E-state index in [-0.39, 0.29) is 17.7 Å². The Morgan fingerprint density at radius 1 is 1.20 bits per heavy atom. The van der Waals surface area contributed by atoms with Gasteiger partial charge in [-0.05, 0) is 39.0 Å². The summed E-state index contributed by atoms with van der Waals surface area (Å²) in [7, 11) is 0. The summed E-state index contributed by atoms with van der Waals surface area (Å²) in [6, 6.07) is 6.42. The van der Waals surface area contributed by atoms with Gasteiger partial charge >= 0.3 is 0 Å². The first-order valence-electron chi connectivity index (χ1n) is 9.52. The van der Waals surface area contributed by atoms with Crippen LogP contribution in [-0.2, 0) is 4.79 Å². The second-order valence-corrected chi connectivity index (χ2v) is 8.06. The molecule has 3 rings (SSSR count). The first-order chi connectivity index (χ1) is 14.2. The van der Waals surface area contributed by atoms with Crippen LogP contribution in [0.1, 0.15) is 34.2 Å². The fraction of sp³-hybridized carbons (Fsp3) is 0.381. The first kappa shape index (κ1) is 22.2. The minimum atomic E-state index is -0.446. The van der Waals surface area contributed by atoms with Crippen molar-refractivity contribution in [2.45, 2.75) is 26.8 Å². The predicted octanol–water partition coefficient (Wildman–Crippen LogP) is 3.86. The van der Waals surface area contributed by atoms with Gasteiger partial charge in [0.25, 0.3) is 5.91 Å². The summed E-state index contributed by atoms with van der Waals surface area (Å²) in [4.78, 5) is 29.1. The van der Waals surface area contributed by atoms with Crippen molar-refractivity contribution in [1.29, 1.82) is 5.26 Å². The summed E-state index contributed by atoms with van der Waals surface area (Å²) in [6.07, 6.45) is 0. The van der Waals surface area contributed by atoms with Crippen molar-refractivity contribution in [2.75, 3.05) is 31.5 Å². The smallest absolute Gasteiger partial charge is 0.255 e. The number of nitrogens with one attached hydrogen (secondary N) is 1. The molecule has 7 nitrogen and oxygen atoms in total. The van der Waals surface area contributed by atoms with Gasteiger partial charge in [0.1, 0.15) is 17.4 Å². The molecule has 2 heterocycles. The molecule has 1 fully saturated rings. The third kappa shape index (κ3) is 4.46. The number of hydrogen-bond acceptors (Lipinski definition) is 5. The molecule has 0 aliphatic carbocycles. The molecule has 2 aromatic rings. The molecule has 2 amide bonds. The summed E-state index contributed by atoms with van der Waals surface area (Å²) in [5.41, 5.74) is 1.46. The van der Waals surface area contributed by atoms with E-state index in [0.29, 0.717) is 58.7 Å². The lowest BCUT2D eigenvalue weighted by Gasteiger charge is -2.37. The zero-order valence-corrected chi connectivity index (χ0v) is 18.5. The van der Waals surface area contributed by atoms with Crippen LogP contribution >= 0.6 is 23.2 Å². The van der Waals surface area contributed by atoms with Gasteiger partial charge < -0.3 is 9.32 Å². The Morgan fingerprint density at radius 3 is 2.47 bits per heavy atom. The molecule has 0 bridgehead atoms. The van der Waals surface area contributed by atoms with Crippen LogP contribution in [0, 0.1) is 25.2 Å². The molecule has 0 spiro atoms. The number of carbonyl (C=O) groups excluding carboxylic acids is 2. The molecule has 1 unspecified atom stereocenters. The van der Waals surface area contributed by atoms with Gasteiger partial charge in [-0.2, -0.15) is 5.26 Å². The number of rotatable bonds is 4. The highest BCUT2D eigenvalue weighted by molar-refractivity contribution is 6.36. The third-order valence-corrected chi connectivity index (χ3v) is 5.97. The second-order valence-electron chi connectivity index (χ2n) is 7.22. The Labute approximate surface area is 185 Å². The molecule has 9 heteroatoms. The topological polar surface area (TPSA) is 89.6 Å². The van der Waals surface area contributed by atoms with Gasteiger partial charge in [0, 0.05) is 36.8 Å². The van der Waals surface area contributed by atoms with E-state index in [2.05, 4.69) is 11.4 Å². The highest BCUT2D eigenvalue weighted by Gasteiger charge is 2.29. The van der Waals surface area contributed by atoms with E-state index in [0.717, 1.165) is 0 Å². The summed E-state index contributed by atoms with van der Waals surface area (Å²) < 4.78 is 5.51. The van der Waals surface area contributed by atoms with Crippen LogP contribution < -0.4 is 5.32 Å². The van der Waals surface area contributed by atoms with E-state index in [1.54, 1.807) is 43.9 Å². The van der Waals surface area contributed by atoms with Crippen molar-refractivity contribution in [2.24, 2.45) is 0 Å². The number of piperazine rings is 1. The highest BCUT2D eigenvalue weighted by Crippen LogP contribution is 2.26. The lowest BCUT2D eigenvalue weighted by molar-refractivity contribution is -0.121. The summed E-state index contributed by atoms with van der Waals surface area (Å²) in [6.45, 7) is 7.32. The number of amides is 2. The average Bonchev–Trinajstić information content (AvgIpc) is 2.99. The van der Waals surface area contributed by atoms with Crippen LogP contribution in [0.2, 0.25) is 10.0 Å². The van der Waals surface area contributed by atoms with E-state index in [9.17, 15) is 14.9 Å². The molecule has 0 saturated carbocycles. The Morgan fingerprint density at radius 2 is 1.87 bits per heavy atom. The summed E-state index contributed by atoms with van der Waals surface area (Å²) in [5, 5.41) is 12.8. The fourth-order valence-electron chi connectivity index (χ4n) is 3.38. The fourth-order valence-corrected chi connectivity index (χ4v) is 3.87. The quantitative estimate of drug-likeness (QED) is 0.766. The Bertz CT molecular complexity index is 1020. The molecule has 1 saturated heterocycles. The molecular formula is C21H22Cl2N4O3. The van der Waals surface area contributed by atoms with Crippen molar-refractivity contribution in [3.05, 3.63) is 50.7 Å². The maximum atomic E-state index is 12.7. The lowest BCUT2D eigenvalue weighted by Crippen LogP contribution is -2.54. The number of hydrogen-bond donors (Lipinski definition) is 1. The van der Waals surface area contributed by atoms with E-state index >= 15 is 0 Å². The molecule has 1 aromatic carbocycles. The van der Waals surface area contributed by atoms with Crippen LogP contribution in [0.15, 0.2) is 22.6 Å². The first-order valence-corrected chi connectivity index (χ1v) is 10.3. The summed E-state index contributed by atoms with van der Waals surface area (Å²) >= 11 is 12.1. The molecule has 158 valence electrons. The highest BCUT2D eigenvalue weighted by atomic mass is 35.5. The van der Waals surface area contributed by atoms with Gasteiger partial charge in [-0.1, -0.05) is 23.2 Å². The minimum Gasteiger partial charge on any atom is -0.444 e. The number of anilines is 1. The Kier molecular flexibility index (Phi) is 6.71. The minimum absolute atomic E-state index is 0.159. The van der Waals surface area contributed by atoms with Crippen LogP contribution in [0.4, 0.5) is 5.88 Å². The van der Waals surface area contributed by atoms with Crippen molar-refractivity contribution in [1.82, 2.24) is 9.80 Å². The van der Waals surface area contributed by atoms with Crippen molar-refractivity contribution in [3.63, 3.8) is 0 Å². The average molecular weight is 449 g/mol. The van der Waals surface area contributed by atoms with Crippen LogP contribution in [0.3, 0.4) is 0 Å². The monoisotopic (exact) mass is 448 g/mol. The molecule has 1 aliphatic rings. The number of nitriles is 1. The maximum Gasteiger partial charge on any atom is 0.255 e. The number of furan rings is 1. The van der Waals surface area contributed by atoms with E-state index in [1.807, 2.05) is 4.90 Å². The number of aryl methyl sites for hydroxylation is 1. The SMILES string of the molecule is Cc1oc(NC(=O)C(C)N2CCN(C(=O)c3ccc(Cl)cc3Cl)CC2)c(C#N)c1C. The normalized spacial score (nSPS) is 15.5. The van der Waals surface area contributed by atoms with Gasteiger partial charge in [0.2, 0.25) is 11.8 Å². The second kappa shape index (κ2) is 9.09. The summed E-state index contributed by atoms with van der Waals surface area (Å²) in [5.74, 6) is 0.354. The zero-order valence-electron chi connectivity index (χ0n) is 17.0. The predicted molar refractivity (Wildman–Crippen MR) is 115 cm³/mol. The third-order valence-electron chi connectivity index (χ3n) is 5.42. The molecule has 1 aromatic heterocycles. The van der Waals surface area contributed by atoms with Gasteiger partial charge in [0.05, 0.1) is 16.6 Å². The molecule has 0 radical (unpaired) electrons.